The van der Waals surface area contributed by atoms with E-state index >= 15 is 0 Å². The molecule has 0 amide bonds. The van der Waals surface area contributed by atoms with E-state index in [2.05, 4.69) is 30.7 Å². The molecule has 5 nitrogen and oxygen atoms in total. The molecule has 114 valence electrons. The highest BCUT2D eigenvalue weighted by Gasteiger charge is 2.28. The van der Waals surface area contributed by atoms with Gasteiger partial charge in [0.15, 0.2) is 5.65 Å². The van der Waals surface area contributed by atoms with Gasteiger partial charge in [-0.1, -0.05) is 13.3 Å². The molecule has 0 aliphatic heterocycles. The van der Waals surface area contributed by atoms with Crippen LogP contribution in [-0.2, 0) is 9.53 Å². The van der Waals surface area contributed by atoms with Crippen LogP contribution in [-0.4, -0.2) is 27.1 Å². The van der Waals surface area contributed by atoms with Crippen LogP contribution in [0.2, 0.25) is 0 Å². The molecule has 0 saturated heterocycles. The van der Waals surface area contributed by atoms with Crippen molar-refractivity contribution in [3.63, 3.8) is 0 Å². The van der Waals surface area contributed by atoms with Crippen molar-refractivity contribution in [2.24, 2.45) is 0 Å². The molecular formula is C16H23N3O2. The lowest BCUT2D eigenvalue weighted by atomic mass is 10.0. The van der Waals surface area contributed by atoms with Gasteiger partial charge in [0.2, 0.25) is 0 Å². The van der Waals surface area contributed by atoms with Crippen LogP contribution in [0.1, 0.15) is 58.3 Å². The van der Waals surface area contributed by atoms with Gasteiger partial charge in [-0.3, -0.25) is 4.79 Å². The molecule has 1 unspecified atom stereocenters. The van der Waals surface area contributed by atoms with Crippen molar-refractivity contribution in [1.29, 1.82) is 0 Å². The largest absolute Gasteiger partial charge is 0.465 e. The summed E-state index contributed by atoms with van der Waals surface area (Å²) in [5.41, 5.74) is 1.65. The van der Waals surface area contributed by atoms with Gasteiger partial charge in [0.1, 0.15) is 17.3 Å². The van der Waals surface area contributed by atoms with E-state index in [0.29, 0.717) is 6.61 Å². The predicted molar refractivity (Wildman–Crippen MR) is 82.2 cm³/mol. The molecule has 0 bridgehead atoms. The number of fused-ring (bicyclic) bond motifs is 1. The van der Waals surface area contributed by atoms with E-state index < -0.39 is 0 Å². The Bertz CT molecular complexity index is 619. The minimum absolute atomic E-state index is 0.189. The molecule has 0 aromatic carbocycles. The highest BCUT2D eigenvalue weighted by Crippen LogP contribution is 2.28. The van der Waals surface area contributed by atoms with Crippen LogP contribution in [0.3, 0.4) is 0 Å². The average Bonchev–Trinajstić information content (AvgIpc) is 2.83. The smallest absolute Gasteiger partial charge is 0.316 e. The van der Waals surface area contributed by atoms with Crippen molar-refractivity contribution in [2.45, 2.75) is 52.5 Å². The van der Waals surface area contributed by atoms with Gasteiger partial charge in [0.05, 0.1) is 6.61 Å². The minimum atomic E-state index is -0.327. The quantitative estimate of drug-likeness (QED) is 0.764. The van der Waals surface area contributed by atoms with Crippen LogP contribution >= 0.6 is 0 Å². The lowest BCUT2D eigenvalue weighted by Crippen LogP contribution is -2.21. The summed E-state index contributed by atoms with van der Waals surface area (Å²) in [5.74, 6) is 0.238. The molecule has 0 aliphatic rings. The van der Waals surface area contributed by atoms with E-state index in [0.717, 1.165) is 29.8 Å². The van der Waals surface area contributed by atoms with Crippen LogP contribution in [0.4, 0.5) is 0 Å². The Hall–Kier alpha value is -1.91. The predicted octanol–water partition coefficient (Wildman–Crippen LogP) is 3.46. The third-order valence-electron chi connectivity index (χ3n) is 3.45. The third kappa shape index (κ3) is 3.06. The summed E-state index contributed by atoms with van der Waals surface area (Å²) in [5, 5.41) is 0. The first-order valence-electron chi connectivity index (χ1n) is 7.59. The van der Waals surface area contributed by atoms with Crippen molar-refractivity contribution in [1.82, 2.24) is 14.5 Å². The molecule has 0 N–H and O–H groups in total. The van der Waals surface area contributed by atoms with Crippen molar-refractivity contribution < 1.29 is 9.53 Å². The van der Waals surface area contributed by atoms with Gasteiger partial charge in [-0.2, -0.15) is 0 Å². The second-order valence-electron chi connectivity index (χ2n) is 5.37. The number of rotatable bonds is 6. The Kier molecular flexibility index (Phi) is 4.94. The monoisotopic (exact) mass is 289 g/mol. The average molecular weight is 289 g/mol. The fourth-order valence-corrected chi connectivity index (χ4v) is 2.59. The van der Waals surface area contributed by atoms with E-state index in [1.807, 2.05) is 23.6 Å². The summed E-state index contributed by atoms with van der Waals surface area (Å²) in [6.45, 7) is 8.43. The Morgan fingerprint density at radius 1 is 1.38 bits per heavy atom. The zero-order valence-electron chi connectivity index (χ0n) is 13.2. The molecule has 1 atom stereocenters. The molecule has 2 aromatic heterocycles. The van der Waals surface area contributed by atoms with E-state index in [-0.39, 0.29) is 17.9 Å². The Balaban J connectivity index is 2.55. The first kappa shape index (κ1) is 15.5. The number of esters is 1. The van der Waals surface area contributed by atoms with Crippen molar-refractivity contribution in [3.05, 3.63) is 24.2 Å². The lowest BCUT2D eigenvalue weighted by Gasteiger charge is -2.18. The van der Waals surface area contributed by atoms with E-state index in [9.17, 15) is 4.79 Å². The van der Waals surface area contributed by atoms with Gasteiger partial charge >= 0.3 is 5.97 Å². The van der Waals surface area contributed by atoms with Crippen molar-refractivity contribution >= 4 is 17.1 Å². The Morgan fingerprint density at radius 2 is 2.14 bits per heavy atom. The number of hydrogen-bond acceptors (Lipinski definition) is 4. The van der Waals surface area contributed by atoms with Crippen LogP contribution in [0, 0.1) is 0 Å². The molecule has 0 spiro atoms. The number of pyridine rings is 1. The number of hydrogen-bond donors (Lipinski definition) is 0. The summed E-state index contributed by atoms with van der Waals surface area (Å²) in [6, 6.07) is 3.98. The molecule has 0 fully saturated rings. The first-order valence-corrected chi connectivity index (χ1v) is 7.59. The normalized spacial score (nSPS) is 12.8. The third-order valence-corrected chi connectivity index (χ3v) is 3.45. The number of imidazole rings is 1. The zero-order chi connectivity index (χ0) is 15.4. The van der Waals surface area contributed by atoms with Gasteiger partial charge in [0.25, 0.3) is 0 Å². The molecule has 2 rings (SSSR count). The first-order chi connectivity index (χ1) is 10.1. The van der Waals surface area contributed by atoms with Gasteiger partial charge in [-0.25, -0.2) is 9.97 Å². The van der Waals surface area contributed by atoms with Gasteiger partial charge in [-0.15, -0.1) is 0 Å². The van der Waals surface area contributed by atoms with Gasteiger partial charge in [0, 0.05) is 12.2 Å². The van der Waals surface area contributed by atoms with E-state index in [4.69, 9.17) is 4.74 Å². The summed E-state index contributed by atoms with van der Waals surface area (Å²) >= 11 is 0. The maximum absolute atomic E-state index is 12.3. The number of nitrogens with zero attached hydrogens (tertiary/aromatic N) is 3. The second kappa shape index (κ2) is 6.70. The Morgan fingerprint density at radius 3 is 2.76 bits per heavy atom. The molecule has 2 heterocycles. The highest BCUT2D eigenvalue weighted by atomic mass is 16.5. The fraction of sp³-hybridized carbons (Fsp3) is 0.562. The summed E-state index contributed by atoms with van der Waals surface area (Å²) in [4.78, 5) is 21.4. The molecular weight excluding hydrogens is 266 g/mol. The second-order valence-corrected chi connectivity index (χ2v) is 5.37. The van der Waals surface area contributed by atoms with Crippen LogP contribution in [0.5, 0.6) is 0 Å². The van der Waals surface area contributed by atoms with Crippen LogP contribution in [0.15, 0.2) is 18.3 Å². The number of ether oxygens (including phenoxy) is 1. The Labute approximate surface area is 125 Å². The summed E-state index contributed by atoms with van der Waals surface area (Å²) in [7, 11) is 0. The molecule has 0 radical (unpaired) electrons. The maximum Gasteiger partial charge on any atom is 0.316 e. The molecule has 5 heteroatoms. The maximum atomic E-state index is 12.3. The fourth-order valence-electron chi connectivity index (χ4n) is 2.59. The lowest BCUT2D eigenvalue weighted by molar-refractivity contribution is -0.145. The van der Waals surface area contributed by atoms with Gasteiger partial charge in [-0.05, 0) is 39.3 Å². The highest BCUT2D eigenvalue weighted by molar-refractivity contribution is 5.80. The SMILES string of the molecule is CCCC(C(=O)OCC)c1nc2cccnc2n1C(C)C. The molecule has 2 aromatic rings. The zero-order valence-corrected chi connectivity index (χ0v) is 13.2. The topological polar surface area (TPSA) is 57.0 Å². The molecule has 0 aliphatic carbocycles. The number of aromatic nitrogens is 3. The summed E-state index contributed by atoms with van der Waals surface area (Å²) in [6.07, 6.45) is 3.39. The van der Waals surface area contributed by atoms with Gasteiger partial charge < -0.3 is 9.30 Å². The number of carbonyl (C=O) groups excluding carboxylic acids is 1. The minimum Gasteiger partial charge on any atom is -0.465 e. The standard InChI is InChI=1S/C16H23N3O2/c1-5-8-12(16(20)21-6-2)14-18-13-9-7-10-17-15(13)19(14)11(3)4/h7,9-12H,5-6,8H2,1-4H3. The summed E-state index contributed by atoms with van der Waals surface area (Å²) < 4.78 is 7.28. The van der Waals surface area contributed by atoms with E-state index in [1.165, 1.54) is 0 Å². The van der Waals surface area contributed by atoms with Crippen molar-refractivity contribution in [2.75, 3.05) is 6.61 Å². The molecule has 21 heavy (non-hydrogen) atoms. The van der Waals surface area contributed by atoms with E-state index in [1.54, 1.807) is 6.20 Å². The van der Waals surface area contributed by atoms with Crippen LogP contribution in [0.25, 0.3) is 11.2 Å². The number of carbonyl (C=O) groups is 1. The molecule has 0 saturated carbocycles. The van der Waals surface area contributed by atoms with Crippen LogP contribution < -0.4 is 0 Å². The van der Waals surface area contributed by atoms with Crippen molar-refractivity contribution in [3.8, 4) is 0 Å².